The second-order valence-corrected chi connectivity index (χ2v) is 8.37. The van der Waals surface area contributed by atoms with E-state index in [1.807, 2.05) is 32.0 Å². The predicted molar refractivity (Wildman–Crippen MR) is 115 cm³/mol. The lowest BCUT2D eigenvalue weighted by Gasteiger charge is -2.30. The highest BCUT2D eigenvalue weighted by Gasteiger charge is 2.30. The minimum absolute atomic E-state index is 0.0364. The number of hydrogen-bond acceptors (Lipinski definition) is 3. The van der Waals surface area contributed by atoms with E-state index < -0.39 is 6.10 Å². The van der Waals surface area contributed by atoms with Crippen molar-refractivity contribution in [1.29, 1.82) is 0 Å². The first kappa shape index (κ1) is 20.8. The molecule has 1 fully saturated rings. The van der Waals surface area contributed by atoms with Crippen LogP contribution in [0.25, 0.3) is 10.8 Å². The Morgan fingerprint density at radius 1 is 1.11 bits per heavy atom. The van der Waals surface area contributed by atoms with Crippen molar-refractivity contribution < 1.29 is 9.53 Å². The molecule has 1 aliphatic rings. The summed E-state index contributed by atoms with van der Waals surface area (Å²) in [6.45, 7) is 4.39. The number of hydrogen-bond donors (Lipinski definition) is 2. The van der Waals surface area contributed by atoms with Crippen LogP contribution < -0.4 is 11.1 Å². The van der Waals surface area contributed by atoms with Crippen LogP contribution in [-0.2, 0) is 16.1 Å². The summed E-state index contributed by atoms with van der Waals surface area (Å²) in [5.41, 5.74) is 7.58. The quantitative estimate of drug-likeness (QED) is 0.704. The molecule has 4 nitrogen and oxygen atoms in total. The van der Waals surface area contributed by atoms with Crippen molar-refractivity contribution in [3.63, 3.8) is 0 Å². The van der Waals surface area contributed by atoms with E-state index in [2.05, 4.69) is 29.6 Å². The lowest BCUT2D eigenvalue weighted by Crippen LogP contribution is -2.49. The standard InChI is InChI=1S/C24H34N2O2/c1-17(2)28-23(22(25)15-18-9-4-3-5-10-18)24(27)26-16-20-13-8-12-19-11-6-7-14-21(19)20/h6-8,11-14,17-18,22-23H,3-5,9-10,15-16,25H2,1-2H3,(H,26,27)/t22-,23?/m1/s1. The molecule has 1 unspecified atom stereocenters. The molecule has 3 N–H and O–H groups in total. The highest BCUT2D eigenvalue weighted by Crippen LogP contribution is 2.28. The van der Waals surface area contributed by atoms with Crippen molar-refractivity contribution in [2.24, 2.45) is 11.7 Å². The Morgan fingerprint density at radius 3 is 2.57 bits per heavy atom. The molecule has 0 bridgehead atoms. The first-order chi connectivity index (χ1) is 13.5. The van der Waals surface area contributed by atoms with Gasteiger partial charge in [0.25, 0.3) is 5.91 Å². The van der Waals surface area contributed by atoms with Gasteiger partial charge in [-0.3, -0.25) is 4.79 Å². The molecule has 2 atom stereocenters. The van der Waals surface area contributed by atoms with Crippen molar-refractivity contribution in [2.45, 2.75) is 77.2 Å². The molecule has 28 heavy (non-hydrogen) atoms. The Labute approximate surface area is 168 Å². The number of nitrogens with two attached hydrogens (primary N) is 1. The van der Waals surface area contributed by atoms with Gasteiger partial charge in [0.2, 0.25) is 0 Å². The molecule has 1 aliphatic carbocycles. The molecule has 0 saturated heterocycles. The minimum atomic E-state index is -0.600. The number of nitrogens with one attached hydrogen (secondary N) is 1. The molecule has 152 valence electrons. The zero-order valence-electron chi connectivity index (χ0n) is 17.2. The molecular weight excluding hydrogens is 348 g/mol. The maximum atomic E-state index is 13.0. The summed E-state index contributed by atoms with van der Waals surface area (Å²) in [6.07, 6.45) is 6.55. The second-order valence-electron chi connectivity index (χ2n) is 8.37. The van der Waals surface area contributed by atoms with Crippen LogP contribution in [0.2, 0.25) is 0 Å². The summed E-state index contributed by atoms with van der Waals surface area (Å²) in [7, 11) is 0. The largest absolute Gasteiger partial charge is 0.364 e. The van der Waals surface area contributed by atoms with Crippen LogP contribution in [0.1, 0.15) is 57.9 Å². The first-order valence-electron chi connectivity index (χ1n) is 10.7. The van der Waals surface area contributed by atoms with Gasteiger partial charge in [-0.15, -0.1) is 0 Å². The number of rotatable bonds is 8. The fourth-order valence-corrected chi connectivity index (χ4v) is 4.31. The van der Waals surface area contributed by atoms with Crippen LogP contribution in [0, 0.1) is 5.92 Å². The third-order valence-corrected chi connectivity index (χ3v) is 5.73. The van der Waals surface area contributed by atoms with Gasteiger partial charge in [0.1, 0.15) is 0 Å². The Kier molecular flexibility index (Phi) is 7.46. The minimum Gasteiger partial charge on any atom is -0.364 e. The zero-order valence-corrected chi connectivity index (χ0v) is 17.2. The highest BCUT2D eigenvalue weighted by atomic mass is 16.5. The number of benzene rings is 2. The van der Waals surface area contributed by atoms with Crippen LogP contribution in [0.15, 0.2) is 42.5 Å². The Balaban J connectivity index is 1.65. The SMILES string of the molecule is CC(C)OC(C(=O)NCc1cccc2ccccc12)[C@H](N)CC1CCCCC1. The molecule has 1 amide bonds. The van der Waals surface area contributed by atoms with E-state index in [0.29, 0.717) is 12.5 Å². The van der Waals surface area contributed by atoms with E-state index in [1.165, 1.54) is 37.5 Å². The topological polar surface area (TPSA) is 64.3 Å². The van der Waals surface area contributed by atoms with Gasteiger partial charge in [0, 0.05) is 12.6 Å². The van der Waals surface area contributed by atoms with Gasteiger partial charge in [0.15, 0.2) is 6.10 Å². The molecule has 4 heteroatoms. The number of amides is 1. The molecule has 0 aromatic heterocycles. The van der Waals surface area contributed by atoms with Crippen molar-refractivity contribution in [3.05, 3.63) is 48.0 Å². The predicted octanol–water partition coefficient (Wildman–Crippen LogP) is 4.55. The normalized spacial score (nSPS) is 17.6. The van der Waals surface area contributed by atoms with Gasteiger partial charge in [-0.1, -0.05) is 74.6 Å². The third kappa shape index (κ3) is 5.55. The molecule has 2 aromatic carbocycles. The molecule has 2 aromatic rings. The number of ether oxygens (including phenoxy) is 1. The molecule has 0 spiro atoms. The van der Waals surface area contributed by atoms with Gasteiger partial charge < -0.3 is 15.8 Å². The molecule has 1 saturated carbocycles. The lowest BCUT2D eigenvalue weighted by molar-refractivity contribution is -0.137. The van der Waals surface area contributed by atoms with Crippen LogP contribution in [-0.4, -0.2) is 24.2 Å². The van der Waals surface area contributed by atoms with E-state index in [-0.39, 0.29) is 18.1 Å². The maximum Gasteiger partial charge on any atom is 0.251 e. The molecular formula is C24H34N2O2. The van der Waals surface area contributed by atoms with Crippen molar-refractivity contribution in [3.8, 4) is 0 Å². The van der Waals surface area contributed by atoms with E-state index >= 15 is 0 Å². The van der Waals surface area contributed by atoms with Crippen LogP contribution >= 0.6 is 0 Å². The summed E-state index contributed by atoms with van der Waals surface area (Å²) in [6, 6.07) is 14.1. The Hall–Kier alpha value is -1.91. The zero-order chi connectivity index (χ0) is 19.9. The molecule has 3 rings (SSSR count). The fourth-order valence-electron chi connectivity index (χ4n) is 4.31. The molecule has 0 heterocycles. The third-order valence-electron chi connectivity index (χ3n) is 5.73. The lowest BCUT2D eigenvalue weighted by atomic mass is 9.84. The van der Waals surface area contributed by atoms with Crippen molar-refractivity contribution >= 4 is 16.7 Å². The van der Waals surface area contributed by atoms with Crippen molar-refractivity contribution in [2.75, 3.05) is 0 Å². The highest BCUT2D eigenvalue weighted by molar-refractivity contribution is 5.86. The maximum absolute atomic E-state index is 13.0. The van der Waals surface area contributed by atoms with E-state index in [1.54, 1.807) is 0 Å². The fraction of sp³-hybridized carbons (Fsp3) is 0.542. The van der Waals surface area contributed by atoms with Gasteiger partial charge in [0.05, 0.1) is 6.10 Å². The van der Waals surface area contributed by atoms with Crippen LogP contribution in [0.4, 0.5) is 0 Å². The second kappa shape index (κ2) is 10.0. The van der Waals surface area contributed by atoms with Crippen LogP contribution in [0.5, 0.6) is 0 Å². The first-order valence-corrected chi connectivity index (χ1v) is 10.7. The van der Waals surface area contributed by atoms with Gasteiger partial charge in [-0.25, -0.2) is 0 Å². The molecule has 0 aliphatic heterocycles. The number of carbonyl (C=O) groups excluding carboxylic acids is 1. The Morgan fingerprint density at radius 2 is 1.82 bits per heavy atom. The van der Waals surface area contributed by atoms with Crippen LogP contribution in [0.3, 0.4) is 0 Å². The molecule has 0 radical (unpaired) electrons. The van der Waals surface area contributed by atoms with Gasteiger partial charge in [-0.05, 0) is 42.5 Å². The van der Waals surface area contributed by atoms with E-state index in [0.717, 1.165) is 17.4 Å². The Bertz CT molecular complexity index is 763. The smallest absolute Gasteiger partial charge is 0.251 e. The average molecular weight is 383 g/mol. The summed E-state index contributed by atoms with van der Waals surface area (Å²) < 4.78 is 5.95. The van der Waals surface area contributed by atoms with E-state index in [9.17, 15) is 4.79 Å². The number of fused-ring (bicyclic) bond motifs is 1. The summed E-state index contributed by atoms with van der Waals surface area (Å²) in [5, 5.41) is 5.41. The van der Waals surface area contributed by atoms with Crippen molar-refractivity contribution in [1.82, 2.24) is 5.32 Å². The van der Waals surface area contributed by atoms with Gasteiger partial charge >= 0.3 is 0 Å². The monoisotopic (exact) mass is 382 g/mol. The summed E-state index contributed by atoms with van der Waals surface area (Å²) >= 11 is 0. The average Bonchev–Trinajstić information content (AvgIpc) is 2.70. The number of carbonyl (C=O) groups is 1. The van der Waals surface area contributed by atoms with E-state index in [4.69, 9.17) is 10.5 Å². The van der Waals surface area contributed by atoms with Gasteiger partial charge in [-0.2, -0.15) is 0 Å². The summed E-state index contributed by atoms with van der Waals surface area (Å²) in [4.78, 5) is 13.0. The summed E-state index contributed by atoms with van der Waals surface area (Å²) in [5.74, 6) is 0.512.